The first kappa shape index (κ1) is 18.7. The lowest BCUT2D eigenvalue weighted by Crippen LogP contribution is -2.47. The van der Waals surface area contributed by atoms with Gasteiger partial charge in [-0.3, -0.25) is 19.3 Å². The van der Waals surface area contributed by atoms with Crippen LogP contribution in [0.3, 0.4) is 0 Å². The van der Waals surface area contributed by atoms with Gasteiger partial charge in [0.15, 0.2) is 0 Å². The molecule has 0 radical (unpaired) electrons. The number of carbonyl (C=O) groups excluding carboxylic acids is 2. The number of nitrogens with zero attached hydrogens (tertiary/aromatic N) is 2. The van der Waals surface area contributed by atoms with Gasteiger partial charge in [-0.2, -0.15) is 0 Å². The van der Waals surface area contributed by atoms with Gasteiger partial charge in [0, 0.05) is 55.9 Å². The molecule has 2 rings (SSSR count). The van der Waals surface area contributed by atoms with Gasteiger partial charge in [-0.05, 0) is 34.8 Å². The zero-order valence-electron chi connectivity index (χ0n) is 13.8. The fourth-order valence-corrected chi connectivity index (χ4v) is 3.10. The zero-order chi connectivity index (χ0) is 17.5. The van der Waals surface area contributed by atoms with E-state index in [0.717, 1.165) is 30.4 Å². The number of aromatic nitrogens is 1. The van der Waals surface area contributed by atoms with E-state index in [0.29, 0.717) is 13.1 Å². The number of hydrogen-bond donors (Lipinski definition) is 2. The summed E-state index contributed by atoms with van der Waals surface area (Å²) in [6.07, 6.45) is 3.63. The smallest absolute Gasteiger partial charge is 0.250 e. The van der Waals surface area contributed by atoms with Crippen LogP contribution in [0.1, 0.15) is 19.3 Å². The van der Waals surface area contributed by atoms with Crippen LogP contribution in [-0.4, -0.2) is 54.0 Å². The van der Waals surface area contributed by atoms with Crippen molar-refractivity contribution in [3.63, 3.8) is 0 Å². The third-order valence-electron chi connectivity index (χ3n) is 4.13. The third kappa shape index (κ3) is 5.76. The molecule has 2 heterocycles. The topological polar surface area (TPSA) is 83.4 Å². The molecule has 0 aliphatic carbocycles. The van der Waals surface area contributed by atoms with Crippen LogP contribution >= 0.6 is 15.9 Å². The molecule has 1 aliphatic rings. The first-order valence-corrected chi connectivity index (χ1v) is 8.85. The number of pyridine rings is 1. The Morgan fingerprint density at radius 2 is 1.96 bits per heavy atom. The molecule has 0 saturated carbocycles. The predicted octanol–water partition coefficient (Wildman–Crippen LogP) is 0.328. The molecule has 0 aromatic carbocycles. The second kappa shape index (κ2) is 8.98. The minimum atomic E-state index is -0.117. The summed E-state index contributed by atoms with van der Waals surface area (Å²) in [5.41, 5.74) is -0.117. The highest BCUT2D eigenvalue weighted by atomic mass is 79.9. The number of rotatable bonds is 6. The molecule has 7 nitrogen and oxygen atoms in total. The highest BCUT2D eigenvalue weighted by Crippen LogP contribution is 2.10. The normalized spacial score (nSPS) is 15.9. The number of likely N-dealkylation sites (N-methyl/N-ethyl adjacent to an activating group) is 1. The van der Waals surface area contributed by atoms with Crippen LogP contribution in [0.15, 0.2) is 27.6 Å². The molecule has 0 atom stereocenters. The van der Waals surface area contributed by atoms with E-state index in [1.54, 1.807) is 19.3 Å². The van der Waals surface area contributed by atoms with Crippen molar-refractivity contribution in [3.8, 4) is 0 Å². The van der Waals surface area contributed by atoms with Crippen LogP contribution in [-0.2, 0) is 16.1 Å². The maximum Gasteiger partial charge on any atom is 0.250 e. The van der Waals surface area contributed by atoms with Gasteiger partial charge in [0.1, 0.15) is 0 Å². The van der Waals surface area contributed by atoms with Gasteiger partial charge >= 0.3 is 0 Å². The van der Waals surface area contributed by atoms with Crippen molar-refractivity contribution in [1.82, 2.24) is 20.1 Å². The molecule has 2 amide bonds. The predicted molar refractivity (Wildman–Crippen MR) is 94.7 cm³/mol. The zero-order valence-corrected chi connectivity index (χ0v) is 15.3. The van der Waals surface area contributed by atoms with Crippen LogP contribution in [0.5, 0.6) is 0 Å². The van der Waals surface area contributed by atoms with Crippen LogP contribution < -0.4 is 16.2 Å². The molecule has 0 bridgehead atoms. The number of likely N-dealkylation sites (tertiary alicyclic amines) is 1. The number of piperidine rings is 1. The summed E-state index contributed by atoms with van der Waals surface area (Å²) in [6.45, 7) is 2.36. The van der Waals surface area contributed by atoms with Crippen molar-refractivity contribution in [2.75, 3.05) is 26.7 Å². The number of hydrogen-bond acceptors (Lipinski definition) is 4. The molecule has 1 aromatic heterocycles. The lowest BCUT2D eigenvalue weighted by molar-refractivity contribution is -0.124. The van der Waals surface area contributed by atoms with Crippen molar-refractivity contribution >= 4 is 27.7 Å². The Morgan fingerprint density at radius 1 is 1.25 bits per heavy atom. The highest BCUT2D eigenvalue weighted by molar-refractivity contribution is 9.10. The van der Waals surface area contributed by atoms with Crippen molar-refractivity contribution in [2.24, 2.45) is 0 Å². The van der Waals surface area contributed by atoms with E-state index in [-0.39, 0.29) is 29.8 Å². The average molecular weight is 399 g/mol. The van der Waals surface area contributed by atoms with Gasteiger partial charge in [0.05, 0.1) is 6.54 Å². The highest BCUT2D eigenvalue weighted by Gasteiger charge is 2.21. The monoisotopic (exact) mass is 398 g/mol. The van der Waals surface area contributed by atoms with Crippen LogP contribution in [0.25, 0.3) is 0 Å². The molecule has 2 N–H and O–H groups in total. The Kier molecular flexibility index (Phi) is 6.99. The van der Waals surface area contributed by atoms with Gasteiger partial charge in [0.25, 0.3) is 5.56 Å². The summed E-state index contributed by atoms with van der Waals surface area (Å²) in [6, 6.07) is 3.30. The number of nitrogens with one attached hydrogen (secondary N) is 2. The van der Waals surface area contributed by atoms with E-state index in [9.17, 15) is 14.4 Å². The van der Waals surface area contributed by atoms with E-state index in [4.69, 9.17) is 0 Å². The number of carbonyl (C=O) groups is 2. The number of aryl methyl sites for hydroxylation is 1. The maximum atomic E-state index is 12.1. The molecule has 0 spiro atoms. The molecular formula is C16H23BrN4O3. The molecule has 24 heavy (non-hydrogen) atoms. The Balaban J connectivity index is 1.73. The first-order valence-electron chi connectivity index (χ1n) is 8.06. The van der Waals surface area contributed by atoms with Gasteiger partial charge < -0.3 is 15.2 Å². The van der Waals surface area contributed by atoms with Crippen molar-refractivity contribution < 1.29 is 9.59 Å². The summed E-state index contributed by atoms with van der Waals surface area (Å²) in [5.74, 6) is -0.0384. The van der Waals surface area contributed by atoms with E-state index in [2.05, 4.69) is 31.5 Å². The SMILES string of the molecule is CNC(=O)CN1CCC(NC(=O)CCn2cc(Br)ccc2=O)CC1. The summed E-state index contributed by atoms with van der Waals surface area (Å²) in [7, 11) is 1.63. The number of amides is 2. The van der Waals surface area contributed by atoms with Gasteiger partial charge in [-0.25, -0.2) is 0 Å². The summed E-state index contributed by atoms with van der Waals surface area (Å²) < 4.78 is 2.33. The summed E-state index contributed by atoms with van der Waals surface area (Å²) in [4.78, 5) is 37.2. The second-order valence-electron chi connectivity index (χ2n) is 5.92. The van der Waals surface area contributed by atoms with Gasteiger partial charge in [-0.15, -0.1) is 0 Å². The minimum absolute atomic E-state index is 0.0111. The quantitative estimate of drug-likeness (QED) is 0.722. The molecule has 1 saturated heterocycles. The van der Waals surface area contributed by atoms with Crippen molar-refractivity contribution in [3.05, 3.63) is 33.2 Å². The average Bonchev–Trinajstić information content (AvgIpc) is 2.57. The molecule has 0 unspecified atom stereocenters. The Hall–Kier alpha value is -1.67. The molecule has 132 valence electrons. The van der Waals surface area contributed by atoms with E-state index >= 15 is 0 Å². The lowest BCUT2D eigenvalue weighted by Gasteiger charge is -2.31. The van der Waals surface area contributed by atoms with Gasteiger partial charge in [0.2, 0.25) is 11.8 Å². The van der Waals surface area contributed by atoms with E-state index < -0.39 is 0 Å². The standard InChI is InChI=1S/C16H23BrN4O3/c1-18-15(23)11-20-7-4-13(5-8-20)19-14(22)6-9-21-10-12(17)2-3-16(21)24/h2-3,10,13H,4-9,11H2,1H3,(H,18,23)(H,19,22). The fraction of sp³-hybridized carbons (Fsp3) is 0.562. The molecule has 1 aliphatic heterocycles. The minimum Gasteiger partial charge on any atom is -0.358 e. The van der Waals surface area contributed by atoms with Crippen LogP contribution in [0, 0.1) is 0 Å². The van der Waals surface area contributed by atoms with Crippen molar-refractivity contribution in [1.29, 1.82) is 0 Å². The lowest BCUT2D eigenvalue weighted by atomic mass is 10.0. The van der Waals surface area contributed by atoms with E-state index in [1.165, 1.54) is 10.6 Å². The second-order valence-corrected chi connectivity index (χ2v) is 6.84. The Bertz CT molecular complexity index is 638. The fourth-order valence-electron chi connectivity index (χ4n) is 2.72. The Morgan fingerprint density at radius 3 is 2.62 bits per heavy atom. The maximum absolute atomic E-state index is 12.1. The first-order chi connectivity index (χ1) is 11.5. The molecule has 8 heteroatoms. The van der Waals surface area contributed by atoms with Crippen molar-refractivity contribution in [2.45, 2.75) is 31.8 Å². The van der Waals surface area contributed by atoms with E-state index in [1.807, 2.05) is 0 Å². The van der Waals surface area contributed by atoms with Crippen LogP contribution in [0.4, 0.5) is 0 Å². The van der Waals surface area contributed by atoms with Crippen LogP contribution in [0.2, 0.25) is 0 Å². The molecule has 1 aromatic rings. The largest absolute Gasteiger partial charge is 0.358 e. The Labute approximate surface area is 149 Å². The van der Waals surface area contributed by atoms with Gasteiger partial charge in [-0.1, -0.05) is 0 Å². The third-order valence-corrected chi connectivity index (χ3v) is 4.59. The molecule has 1 fully saturated rings. The molecular weight excluding hydrogens is 376 g/mol. The summed E-state index contributed by atoms with van der Waals surface area (Å²) in [5, 5.41) is 5.63. The summed E-state index contributed by atoms with van der Waals surface area (Å²) >= 11 is 3.32. The number of halogens is 1.